The minimum Gasteiger partial charge on any atom is -0.343 e. The number of aryl methyl sites for hydroxylation is 2. The third-order valence-corrected chi connectivity index (χ3v) is 6.14. The lowest BCUT2D eigenvalue weighted by atomic mass is 9.96. The SMILES string of the molecule is CC(=O)N1CCC(C(=O)Nc2ccc(Sc3ccc(C)c(C)c3)cc2)CC1. The Hall–Kier alpha value is -2.27. The van der Waals surface area contributed by atoms with Gasteiger partial charge in [-0.2, -0.15) is 0 Å². The minimum atomic E-state index is -0.0230. The van der Waals surface area contributed by atoms with E-state index in [1.807, 2.05) is 29.2 Å². The quantitative estimate of drug-likeness (QED) is 0.837. The van der Waals surface area contributed by atoms with Crippen LogP contribution in [0.5, 0.6) is 0 Å². The highest BCUT2D eigenvalue weighted by atomic mass is 32.2. The number of nitrogens with zero attached hydrogens (tertiary/aromatic N) is 1. The van der Waals surface area contributed by atoms with Crippen molar-refractivity contribution in [1.29, 1.82) is 0 Å². The van der Waals surface area contributed by atoms with Gasteiger partial charge in [0.2, 0.25) is 11.8 Å². The lowest BCUT2D eigenvalue weighted by Crippen LogP contribution is -2.40. The fraction of sp³-hybridized carbons (Fsp3) is 0.364. The average molecular weight is 383 g/mol. The largest absolute Gasteiger partial charge is 0.343 e. The first-order valence-electron chi connectivity index (χ1n) is 9.34. The standard InChI is InChI=1S/C22H26N2O2S/c1-15-4-7-21(14-16(15)2)27-20-8-5-19(6-9-20)23-22(26)18-10-12-24(13-11-18)17(3)25/h4-9,14,18H,10-13H2,1-3H3,(H,23,26). The van der Waals surface area contributed by atoms with E-state index in [0.717, 1.165) is 23.4 Å². The van der Waals surface area contributed by atoms with Crippen LogP contribution in [0.4, 0.5) is 5.69 Å². The molecule has 1 heterocycles. The Kier molecular flexibility index (Phi) is 6.22. The van der Waals surface area contributed by atoms with Crippen molar-refractivity contribution >= 4 is 29.3 Å². The molecule has 0 spiro atoms. The predicted molar refractivity (Wildman–Crippen MR) is 110 cm³/mol. The summed E-state index contributed by atoms with van der Waals surface area (Å²) in [7, 11) is 0. The van der Waals surface area contributed by atoms with Gasteiger partial charge in [-0.05, 0) is 74.2 Å². The monoisotopic (exact) mass is 382 g/mol. The van der Waals surface area contributed by atoms with Crippen LogP contribution in [-0.4, -0.2) is 29.8 Å². The summed E-state index contributed by atoms with van der Waals surface area (Å²) in [4.78, 5) is 28.0. The molecule has 0 atom stereocenters. The number of piperidine rings is 1. The molecule has 3 rings (SSSR count). The van der Waals surface area contributed by atoms with Crippen molar-refractivity contribution in [1.82, 2.24) is 4.90 Å². The third kappa shape index (κ3) is 5.13. The number of carbonyl (C=O) groups excluding carboxylic acids is 2. The molecule has 27 heavy (non-hydrogen) atoms. The summed E-state index contributed by atoms with van der Waals surface area (Å²) in [5.41, 5.74) is 3.41. The van der Waals surface area contributed by atoms with Crippen molar-refractivity contribution in [2.45, 2.75) is 43.4 Å². The Labute approximate surface area is 165 Å². The van der Waals surface area contributed by atoms with E-state index in [2.05, 4.69) is 37.4 Å². The molecule has 1 aliphatic heterocycles. The molecule has 0 bridgehead atoms. The molecule has 142 valence electrons. The van der Waals surface area contributed by atoms with Crippen LogP contribution in [0.15, 0.2) is 52.3 Å². The smallest absolute Gasteiger partial charge is 0.227 e. The van der Waals surface area contributed by atoms with Crippen molar-refractivity contribution in [3.8, 4) is 0 Å². The number of rotatable bonds is 4. The van der Waals surface area contributed by atoms with E-state index in [0.29, 0.717) is 13.1 Å². The highest BCUT2D eigenvalue weighted by molar-refractivity contribution is 7.99. The summed E-state index contributed by atoms with van der Waals surface area (Å²) in [6, 6.07) is 14.4. The summed E-state index contributed by atoms with van der Waals surface area (Å²) in [6.45, 7) is 7.15. The van der Waals surface area contributed by atoms with E-state index in [-0.39, 0.29) is 17.7 Å². The first-order valence-corrected chi connectivity index (χ1v) is 10.2. The molecule has 0 saturated carbocycles. The van der Waals surface area contributed by atoms with E-state index < -0.39 is 0 Å². The second-order valence-electron chi connectivity index (χ2n) is 7.14. The normalized spacial score (nSPS) is 14.9. The van der Waals surface area contributed by atoms with Crippen molar-refractivity contribution in [3.05, 3.63) is 53.6 Å². The van der Waals surface area contributed by atoms with Gasteiger partial charge < -0.3 is 10.2 Å². The molecule has 2 amide bonds. The Morgan fingerprint density at radius 1 is 0.963 bits per heavy atom. The van der Waals surface area contributed by atoms with Crippen LogP contribution in [0.1, 0.15) is 30.9 Å². The molecule has 1 N–H and O–H groups in total. The number of amides is 2. The van der Waals surface area contributed by atoms with Crippen molar-refractivity contribution in [2.75, 3.05) is 18.4 Å². The molecule has 0 unspecified atom stereocenters. The van der Waals surface area contributed by atoms with Gasteiger partial charge in [0.25, 0.3) is 0 Å². The molecule has 0 aromatic heterocycles. The van der Waals surface area contributed by atoms with Crippen molar-refractivity contribution in [3.63, 3.8) is 0 Å². The molecule has 0 aliphatic carbocycles. The highest BCUT2D eigenvalue weighted by Crippen LogP contribution is 2.30. The van der Waals surface area contributed by atoms with Gasteiger partial charge >= 0.3 is 0 Å². The van der Waals surface area contributed by atoms with Crippen LogP contribution in [-0.2, 0) is 9.59 Å². The van der Waals surface area contributed by atoms with Crippen LogP contribution in [0.3, 0.4) is 0 Å². The zero-order chi connectivity index (χ0) is 19.4. The lowest BCUT2D eigenvalue weighted by Gasteiger charge is -2.30. The average Bonchev–Trinajstić information content (AvgIpc) is 2.66. The maximum absolute atomic E-state index is 12.5. The van der Waals surface area contributed by atoms with E-state index in [1.165, 1.54) is 16.0 Å². The Balaban J connectivity index is 1.55. The molecule has 1 fully saturated rings. The van der Waals surface area contributed by atoms with Crippen LogP contribution in [0, 0.1) is 19.8 Å². The fourth-order valence-corrected chi connectivity index (χ4v) is 4.14. The molecular weight excluding hydrogens is 356 g/mol. The van der Waals surface area contributed by atoms with Crippen LogP contribution < -0.4 is 5.32 Å². The van der Waals surface area contributed by atoms with Gasteiger partial charge in [-0.25, -0.2) is 0 Å². The lowest BCUT2D eigenvalue weighted by molar-refractivity contribution is -0.132. The van der Waals surface area contributed by atoms with E-state index in [1.54, 1.807) is 18.7 Å². The van der Waals surface area contributed by atoms with Crippen LogP contribution in [0.2, 0.25) is 0 Å². The van der Waals surface area contributed by atoms with Gasteiger partial charge in [0.15, 0.2) is 0 Å². The molecule has 4 nitrogen and oxygen atoms in total. The summed E-state index contributed by atoms with van der Waals surface area (Å²) < 4.78 is 0. The molecule has 5 heteroatoms. The van der Waals surface area contributed by atoms with E-state index in [4.69, 9.17) is 0 Å². The molecule has 0 radical (unpaired) electrons. The summed E-state index contributed by atoms with van der Waals surface area (Å²) in [5.74, 6) is 0.115. The van der Waals surface area contributed by atoms with Gasteiger partial charge in [0, 0.05) is 41.4 Å². The molecule has 2 aromatic carbocycles. The van der Waals surface area contributed by atoms with Crippen molar-refractivity contribution in [2.24, 2.45) is 5.92 Å². The maximum Gasteiger partial charge on any atom is 0.227 e. The van der Waals surface area contributed by atoms with Gasteiger partial charge in [-0.15, -0.1) is 0 Å². The number of carbonyl (C=O) groups is 2. The number of nitrogens with one attached hydrogen (secondary N) is 1. The number of anilines is 1. The zero-order valence-electron chi connectivity index (χ0n) is 16.1. The molecular formula is C22H26N2O2S. The van der Waals surface area contributed by atoms with Gasteiger partial charge in [-0.1, -0.05) is 17.8 Å². The number of benzene rings is 2. The third-order valence-electron chi connectivity index (χ3n) is 5.15. The second kappa shape index (κ2) is 8.61. The topological polar surface area (TPSA) is 49.4 Å². The predicted octanol–water partition coefficient (Wildman–Crippen LogP) is 4.65. The fourth-order valence-electron chi connectivity index (χ4n) is 3.22. The van der Waals surface area contributed by atoms with Gasteiger partial charge in [-0.3, -0.25) is 9.59 Å². The number of hydrogen-bond donors (Lipinski definition) is 1. The first-order chi connectivity index (χ1) is 12.9. The summed E-state index contributed by atoms with van der Waals surface area (Å²) in [5, 5.41) is 3.01. The van der Waals surface area contributed by atoms with E-state index >= 15 is 0 Å². The van der Waals surface area contributed by atoms with Gasteiger partial charge in [0.1, 0.15) is 0 Å². The zero-order valence-corrected chi connectivity index (χ0v) is 16.9. The molecule has 1 saturated heterocycles. The number of hydrogen-bond acceptors (Lipinski definition) is 3. The van der Waals surface area contributed by atoms with E-state index in [9.17, 15) is 9.59 Å². The van der Waals surface area contributed by atoms with Crippen LogP contribution in [0.25, 0.3) is 0 Å². The number of likely N-dealkylation sites (tertiary alicyclic amines) is 1. The molecule has 1 aliphatic rings. The van der Waals surface area contributed by atoms with Crippen molar-refractivity contribution < 1.29 is 9.59 Å². The Bertz CT molecular complexity index is 825. The molecule has 2 aromatic rings. The highest BCUT2D eigenvalue weighted by Gasteiger charge is 2.25. The van der Waals surface area contributed by atoms with Gasteiger partial charge in [0.05, 0.1) is 0 Å². The Morgan fingerprint density at radius 2 is 1.59 bits per heavy atom. The maximum atomic E-state index is 12.5. The second-order valence-corrected chi connectivity index (χ2v) is 8.29. The summed E-state index contributed by atoms with van der Waals surface area (Å²) >= 11 is 1.72. The minimum absolute atomic E-state index is 0.0230. The Morgan fingerprint density at radius 3 is 2.19 bits per heavy atom. The first kappa shape index (κ1) is 19.5. The van der Waals surface area contributed by atoms with Crippen LogP contribution >= 0.6 is 11.8 Å². The summed E-state index contributed by atoms with van der Waals surface area (Å²) in [6.07, 6.45) is 1.46.